The number of nitrogens with zero attached hydrogens (tertiary/aromatic N) is 1. The van der Waals surface area contributed by atoms with E-state index in [1.54, 1.807) is 18.2 Å². The Morgan fingerprint density at radius 2 is 1.88 bits per heavy atom. The van der Waals surface area contributed by atoms with E-state index in [1.807, 2.05) is 13.8 Å². The molecule has 2 rings (SSSR count). The lowest BCUT2D eigenvalue weighted by molar-refractivity contribution is -0.137. The zero-order chi connectivity index (χ0) is 19.5. The van der Waals surface area contributed by atoms with Gasteiger partial charge in [-0.3, -0.25) is 4.79 Å². The molecule has 1 aromatic carbocycles. The summed E-state index contributed by atoms with van der Waals surface area (Å²) in [4.78, 5) is 27.2. The first kappa shape index (κ1) is 19.7. The van der Waals surface area contributed by atoms with Crippen molar-refractivity contribution in [2.45, 2.75) is 20.0 Å². The first-order valence-electron chi connectivity index (χ1n) is 7.35. The number of halogens is 4. The smallest absolute Gasteiger partial charge is 0.417 e. The molecule has 0 aliphatic heterocycles. The van der Waals surface area contributed by atoms with Crippen LogP contribution in [0.5, 0.6) is 0 Å². The van der Waals surface area contributed by atoms with E-state index in [0.29, 0.717) is 12.3 Å². The highest BCUT2D eigenvalue weighted by Crippen LogP contribution is 2.32. The lowest BCUT2D eigenvalue weighted by Crippen LogP contribution is -2.22. The number of carbonyl (C=O) groups excluding carboxylic acids is 2. The normalized spacial score (nSPS) is 11.2. The fourth-order valence-corrected chi connectivity index (χ4v) is 2.15. The zero-order valence-corrected chi connectivity index (χ0v) is 14.5. The van der Waals surface area contributed by atoms with Gasteiger partial charge in [0, 0.05) is 6.20 Å². The molecular formula is C17H14ClF3N2O3. The summed E-state index contributed by atoms with van der Waals surface area (Å²) < 4.78 is 42.5. The van der Waals surface area contributed by atoms with E-state index in [-0.39, 0.29) is 16.4 Å². The predicted octanol–water partition coefficient (Wildman–Crippen LogP) is 4.17. The van der Waals surface area contributed by atoms with Gasteiger partial charge in [0.1, 0.15) is 0 Å². The number of aromatic nitrogens is 1. The van der Waals surface area contributed by atoms with Crippen molar-refractivity contribution < 1.29 is 27.5 Å². The minimum absolute atomic E-state index is 0.258. The van der Waals surface area contributed by atoms with Gasteiger partial charge in [-0.2, -0.15) is 13.2 Å². The van der Waals surface area contributed by atoms with Gasteiger partial charge < -0.3 is 10.1 Å². The Morgan fingerprint density at radius 1 is 1.19 bits per heavy atom. The van der Waals surface area contributed by atoms with Crippen molar-refractivity contribution in [1.82, 2.24) is 4.98 Å². The third kappa shape index (κ3) is 4.95. The molecule has 1 N–H and O–H groups in total. The van der Waals surface area contributed by atoms with E-state index in [1.165, 1.54) is 0 Å². The number of alkyl halides is 3. The molecule has 0 saturated carbocycles. The Hall–Kier alpha value is -2.61. The second-order valence-corrected chi connectivity index (χ2v) is 5.88. The summed E-state index contributed by atoms with van der Waals surface area (Å²) in [6.45, 7) is 3.08. The van der Waals surface area contributed by atoms with E-state index < -0.39 is 30.2 Å². The van der Waals surface area contributed by atoms with Gasteiger partial charge in [0.05, 0.1) is 16.1 Å². The fraction of sp³-hybridized carbons (Fsp3) is 0.235. The lowest BCUT2D eigenvalue weighted by atomic mass is 10.1. The molecule has 1 amide bonds. The van der Waals surface area contributed by atoms with Crippen LogP contribution in [-0.4, -0.2) is 23.5 Å². The van der Waals surface area contributed by atoms with Gasteiger partial charge in [-0.25, -0.2) is 9.78 Å². The number of hydrogen-bond donors (Lipinski definition) is 1. The molecule has 0 bridgehead atoms. The maximum Gasteiger partial charge on any atom is 0.417 e. The first-order valence-corrected chi connectivity index (χ1v) is 7.72. The van der Waals surface area contributed by atoms with Crippen molar-refractivity contribution >= 4 is 29.3 Å². The average Bonchev–Trinajstić information content (AvgIpc) is 2.56. The van der Waals surface area contributed by atoms with Gasteiger partial charge in [0.2, 0.25) is 0 Å². The van der Waals surface area contributed by atoms with Gasteiger partial charge in [-0.15, -0.1) is 0 Å². The molecule has 2 aromatic rings. The minimum Gasteiger partial charge on any atom is -0.452 e. The first-order chi connectivity index (χ1) is 12.1. The summed E-state index contributed by atoms with van der Waals surface area (Å²) in [6, 6.07) is 5.59. The van der Waals surface area contributed by atoms with Gasteiger partial charge >= 0.3 is 12.1 Å². The Bertz CT molecular complexity index is 854. The Kier molecular flexibility index (Phi) is 5.86. The lowest BCUT2D eigenvalue weighted by Gasteiger charge is -2.10. The third-order valence-electron chi connectivity index (χ3n) is 3.50. The Labute approximate surface area is 152 Å². The summed E-state index contributed by atoms with van der Waals surface area (Å²) in [5, 5.41) is 1.81. The van der Waals surface area contributed by atoms with Crippen LogP contribution >= 0.6 is 11.6 Å². The summed E-state index contributed by atoms with van der Waals surface area (Å²) in [5.74, 6) is -1.74. The number of ether oxygens (including phenoxy) is 1. The molecule has 0 saturated heterocycles. The molecule has 0 aliphatic carbocycles. The number of amides is 1. The summed E-state index contributed by atoms with van der Waals surface area (Å²) in [6.07, 6.45) is -4.05. The highest BCUT2D eigenvalue weighted by Gasteiger charge is 2.31. The van der Waals surface area contributed by atoms with Crippen LogP contribution in [0.15, 0.2) is 30.5 Å². The van der Waals surface area contributed by atoms with Crippen LogP contribution in [0.4, 0.5) is 19.0 Å². The number of hydrogen-bond acceptors (Lipinski definition) is 4. The minimum atomic E-state index is -4.60. The molecule has 5 nitrogen and oxygen atoms in total. The van der Waals surface area contributed by atoms with Crippen LogP contribution in [-0.2, 0) is 15.7 Å². The summed E-state index contributed by atoms with van der Waals surface area (Å²) >= 11 is 5.69. The van der Waals surface area contributed by atoms with E-state index in [0.717, 1.165) is 11.1 Å². The van der Waals surface area contributed by atoms with Crippen molar-refractivity contribution in [2.75, 3.05) is 11.9 Å². The highest BCUT2D eigenvalue weighted by atomic mass is 35.5. The standard InChI is InChI=1S/C17H14ClF3N2O3/c1-9-3-4-11(5-10(9)2)16(25)26-8-14(24)23-15-13(18)6-12(7-22-15)17(19,20)21/h3-7H,8H2,1-2H3,(H,22,23,24). The van der Waals surface area contributed by atoms with Gasteiger partial charge in [0.25, 0.3) is 5.91 Å². The topological polar surface area (TPSA) is 68.3 Å². The van der Waals surface area contributed by atoms with Crippen LogP contribution in [0.1, 0.15) is 27.0 Å². The number of benzene rings is 1. The molecule has 0 fully saturated rings. The molecular weight excluding hydrogens is 373 g/mol. The third-order valence-corrected chi connectivity index (χ3v) is 3.79. The van der Waals surface area contributed by atoms with Gasteiger partial charge in [0.15, 0.2) is 12.4 Å². The number of aryl methyl sites for hydroxylation is 2. The van der Waals surface area contributed by atoms with Crippen molar-refractivity contribution in [2.24, 2.45) is 0 Å². The number of esters is 1. The van der Waals surface area contributed by atoms with Crippen LogP contribution in [0.3, 0.4) is 0 Å². The number of carbonyl (C=O) groups is 2. The van der Waals surface area contributed by atoms with E-state index in [4.69, 9.17) is 16.3 Å². The van der Waals surface area contributed by atoms with Crippen molar-refractivity contribution in [3.63, 3.8) is 0 Å². The largest absolute Gasteiger partial charge is 0.452 e. The molecule has 0 spiro atoms. The number of rotatable bonds is 4. The molecule has 1 heterocycles. The maximum absolute atomic E-state index is 12.5. The molecule has 0 unspecified atom stereocenters. The molecule has 0 radical (unpaired) electrons. The summed E-state index contributed by atoms with van der Waals surface area (Å²) in [5.41, 5.74) is 1.14. The molecule has 0 aliphatic rings. The quantitative estimate of drug-likeness (QED) is 0.801. The average molecular weight is 387 g/mol. The second kappa shape index (κ2) is 7.74. The SMILES string of the molecule is Cc1ccc(C(=O)OCC(=O)Nc2ncc(C(F)(F)F)cc2Cl)cc1C. The van der Waals surface area contributed by atoms with Crippen LogP contribution in [0.2, 0.25) is 5.02 Å². The number of nitrogens with one attached hydrogen (secondary N) is 1. The van der Waals surface area contributed by atoms with E-state index >= 15 is 0 Å². The monoisotopic (exact) mass is 386 g/mol. The molecule has 0 atom stereocenters. The van der Waals surface area contributed by atoms with Gasteiger partial charge in [-0.1, -0.05) is 17.7 Å². The van der Waals surface area contributed by atoms with Crippen molar-refractivity contribution in [3.8, 4) is 0 Å². The van der Waals surface area contributed by atoms with E-state index in [9.17, 15) is 22.8 Å². The van der Waals surface area contributed by atoms with Crippen molar-refractivity contribution in [1.29, 1.82) is 0 Å². The number of anilines is 1. The van der Waals surface area contributed by atoms with Crippen molar-refractivity contribution in [3.05, 3.63) is 57.7 Å². The molecule has 1 aromatic heterocycles. The van der Waals surface area contributed by atoms with Crippen LogP contribution in [0.25, 0.3) is 0 Å². The predicted molar refractivity (Wildman–Crippen MR) is 89.1 cm³/mol. The second-order valence-electron chi connectivity index (χ2n) is 5.48. The van der Waals surface area contributed by atoms with Crippen LogP contribution < -0.4 is 5.32 Å². The maximum atomic E-state index is 12.5. The zero-order valence-electron chi connectivity index (χ0n) is 13.8. The Balaban J connectivity index is 1.96. The summed E-state index contributed by atoms with van der Waals surface area (Å²) in [7, 11) is 0. The van der Waals surface area contributed by atoms with Crippen LogP contribution in [0, 0.1) is 13.8 Å². The molecule has 9 heteroatoms. The highest BCUT2D eigenvalue weighted by molar-refractivity contribution is 6.33. The van der Waals surface area contributed by atoms with E-state index in [2.05, 4.69) is 10.3 Å². The number of pyridine rings is 1. The molecule has 26 heavy (non-hydrogen) atoms. The fourth-order valence-electron chi connectivity index (χ4n) is 1.94. The Morgan fingerprint density at radius 3 is 2.46 bits per heavy atom. The molecule has 138 valence electrons. The van der Waals surface area contributed by atoms with Gasteiger partial charge in [-0.05, 0) is 43.2 Å².